The van der Waals surface area contributed by atoms with Crippen LogP contribution in [-0.2, 0) is 6.42 Å². The summed E-state index contributed by atoms with van der Waals surface area (Å²) >= 11 is 0. The summed E-state index contributed by atoms with van der Waals surface area (Å²) in [5.41, 5.74) is 0. The summed E-state index contributed by atoms with van der Waals surface area (Å²) < 4.78 is 0. The number of aromatic nitrogens is 2. The summed E-state index contributed by atoms with van der Waals surface area (Å²) in [6.07, 6.45) is 4.45. The number of nitrogens with one attached hydrogen (secondary N) is 1. The van der Waals surface area contributed by atoms with E-state index in [0.29, 0.717) is 6.04 Å². The highest BCUT2D eigenvalue weighted by Gasteiger charge is 1.95. The van der Waals surface area contributed by atoms with Gasteiger partial charge in [-0.05, 0) is 6.07 Å². The maximum absolute atomic E-state index is 4.12. The Morgan fingerprint density at radius 3 is 2.58 bits per heavy atom. The third-order valence-corrected chi connectivity index (χ3v) is 1.52. The Bertz CT molecular complexity index is 208. The molecule has 3 nitrogen and oxygen atoms in total. The molecule has 1 rings (SSSR count). The normalized spacial score (nSPS) is 10.6. The zero-order valence-corrected chi connectivity index (χ0v) is 7.62. The Morgan fingerprint density at radius 1 is 1.33 bits per heavy atom. The minimum Gasteiger partial charge on any atom is -0.314 e. The second-order valence-corrected chi connectivity index (χ2v) is 3.02. The molecule has 1 N–H and O–H groups in total. The van der Waals surface area contributed by atoms with Crippen LogP contribution in [0, 0.1) is 0 Å². The standard InChI is InChI=1S/C9H15N3/c1-8(2)10-7-4-9-11-5-3-6-12-9/h3,5-6,8,10H,4,7H2,1-2H3. The average Bonchev–Trinajstić information content (AvgIpc) is 2.05. The zero-order valence-electron chi connectivity index (χ0n) is 7.62. The fourth-order valence-electron chi connectivity index (χ4n) is 0.932. The molecule has 3 heteroatoms. The van der Waals surface area contributed by atoms with E-state index >= 15 is 0 Å². The van der Waals surface area contributed by atoms with Crippen molar-refractivity contribution in [3.8, 4) is 0 Å². The average molecular weight is 165 g/mol. The van der Waals surface area contributed by atoms with E-state index in [-0.39, 0.29) is 0 Å². The fraction of sp³-hybridized carbons (Fsp3) is 0.556. The van der Waals surface area contributed by atoms with Crippen molar-refractivity contribution in [1.29, 1.82) is 0 Å². The van der Waals surface area contributed by atoms with Crippen LogP contribution >= 0.6 is 0 Å². The van der Waals surface area contributed by atoms with Gasteiger partial charge in [-0.2, -0.15) is 0 Å². The lowest BCUT2D eigenvalue weighted by atomic mass is 10.3. The molecule has 0 bridgehead atoms. The predicted molar refractivity (Wildman–Crippen MR) is 48.9 cm³/mol. The Kier molecular flexibility index (Phi) is 3.67. The van der Waals surface area contributed by atoms with Gasteiger partial charge in [-0.1, -0.05) is 13.8 Å². The number of hydrogen-bond donors (Lipinski definition) is 1. The summed E-state index contributed by atoms with van der Waals surface area (Å²) in [5, 5.41) is 3.31. The van der Waals surface area contributed by atoms with Gasteiger partial charge in [0, 0.05) is 31.4 Å². The number of nitrogens with zero attached hydrogens (tertiary/aromatic N) is 2. The van der Waals surface area contributed by atoms with Crippen LogP contribution in [0.25, 0.3) is 0 Å². The highest BCUT2D eigenvalue weighted by Crippen LogP contribution is 1.88. The SMILES string of the molecule is CC(C)NCCc1ncccn1. The van der Waals surface area contributed by atoms with Crippen molar-refractivity contribution in [3.05, 3.63) is 24.3 Å². The second-order valence-electron chi connectivity index (χ2n) is 3.02. The molecule has 0 aliphatic rings. The Morgan fingerprint density at radius 2 is 2.00 bits per heavy atom. The Labute approximate surface area is 73.2 Å². The molecular weight excluding hydrogens is 150 g/mol. The van der Waals surface area contributed by atoms with Gasteiger partial charge < -0.3 is 5.32 Å². The van der Waals surface area contributed by atoms with Gasteiger partial charge in [-0.3, -0.25) is 0 Å². The van der Waals surface area contributed by atoms with E-state index in [0.717, 1.165) is 18.8 Å². The molecule has 0 amide bonds. The highest BCUT2D eigenvalue weighted by atomic mass is 14.9. The lowest BCUT2D eigenvalue weighted by Gasteiger charge is -2.05. The van der Waals surface area contributed by atoms with Crippen LogP contribution in [0.1, 0.15) is 19.7 Å². The molecule has 0 aliphatic heterocycles. The van der Waals surface area contributed by atoms with Crippen LogP contribution < -0.4 is 5.32 Å². The van der Waals surface area contributed by atoms with Gasteiger partial charge in [-0.25, -0.2) is 9.97 Å². The van der Waals surface area contributed by atoms with E-state index in [1.165, 1.54) is 0 Å². The van der Waals surface area contributed by atoms with Gasteiger partial charge in [0.15, 0.2) is 0 Å². The molecule has 0 saturated carbocycles. The lowest BCUT2D eigenvalue weighted by molar-refractivity contribution is 0.583. The molecule has 0 saturated heterocycles. The quantitative estimate of drug-likeness (QED) is 0.723. The van der Waals surface area contributed by atoms with Crippen LogP contribution in [0.5, 0.6) is 0 Å². The smallest absolute Gasteiger partial charge is 0.129 e. The minimum absolute atomic E-state index is 0.536. The summed E-state index contributed by atoms with van der Waals surface area (Å²) in [4.78, 5) is 8.25. The van der Waals surface area contributed by atoms with E-state index in [4.69, 9.17) is 0 Å². The molecule has 0 aliphatic carbocycles. The third-order valence-electron chi connectivity index (χ3n) is 1.52. The number of hydrogen-bond acceptors (Lipinski definition) is 3. The van der Waals surface area contributed by atoms with Gasteiger partial charge in [0.25, 0.3) is 0 Å². The molecule has 0 unspecified atom stereocenters. The zero-order chi connectivity index (χ0) is 8.81. The molecule has 0 atom stereocenters. The van der Waals surface area contributed by atoms with Crippen molar-refractivity contribution >= 4 is 0 Å². The van der Waals surface area contributed by atoms with Crippen LogP contribution in [0.15, 0.2) is 18.5 Å². The highest BCUT2D eigenvalue weighted by molar-refractivity contribution is 4.88. The van der Waals surface area contributed by atoms with Gasteiger partial charge in [0.1, 0.15) is 5.82 Å². The molecule has 0 fully saturated rings. The molecule has 0 radical (unpaired) electrons. The fourth-order valence-corrected chi connectivity index (χ4v) is 0.932. The van der Waals surface area contributed by atoms with Crippen LogP contribution in [0.3, 0.4) is 0 Å². The Balaban J connectivity index is 2.25. The summed E-state index contributed by atoms with van der Waals surface area (Å²) in [7, 11) is 0. The predicted octanol–water partition coefficient (Wildman–Crippen LogP) is 1.02. The molecule has 1 aromatic rings. The molecule has 1 aromatic heterocycles. The molecule has 0 aromatic carbocycles. The first-order valence-corrected chi connectivity index (χ1v) is 4.28. The first-order valence-electron chi connectivity index (χ1n) is 4.28. The third kappa shape index (κ3) is 3.44. The first kappa shape index (κ1) is 9.13. The van der Waals surface area contributed by atoms with E-state index in [1.807, 2.05) is 6.07 Å². The van der Waals surface area contributed by atoms with Crippen molar-refractivity contribution in [2.24, 2.45) is 0 Å². The van der Waals surface area contributed by atoms with Crippen LogP contribution in [0.4, 0.5) is 0 Å². The maximum Gasteiger partial charge on any atom is 0.129 e. The summed E-state index contributed by atoms with van der Waals surface area (Å²) in [6, 6.07) is 2.37. The van der Waals surface area contributed by atoms with E-state index in [2.05, 4.69) is 29.1 Å². The number of rotatable bonds is 4. The topological polar surface area (TPSA) is 37.8 Å². The Hall–Kier alpha value is -0.960. The molecule has 0 spiro atoms. The summed E-state index contributed by atoms with van der Waals surface area (Å²) in [5.74, 6) is 0.908. The van der Waals surface area contributed by atoms with Crippen molar-refractivity contribution in [2.45, 2.75) is 26.3 Å². The van der Waals surface area contributed by atoms with Gasteiger partial charge >= 0.3 is 0 Å². The van der Waals surface area contributed by atoms with Crippen LogP contribution in [-0.4, -0.2) is 22.6 Å². The summed E-state index contributed by atoms with van der Waals surface area (Å²) in [6.45, 7) is 5.21. The molecule has 12 heavy (non-hydrogen) atoms. The van der Waals surface area contributed by atoms with E-state index < -0.39 is 0 Å². The van der Waals surface area contributed by atoms with Gasteiger partial charge in [-0.15, -0.1) is 0 Å². The van der Waals surface area contributed by atoms with Crippen LogP contribution in [0.2, 0.25) is 0 Å². The van der Waals surface area contributed by atoms with Crippen molar-refractivity contribution < 1.29 is 0 Å². The molecule has 1 heterocycles. The monoisotopic (exact) mass is 165 g/mol. The van der Waals surface area contributed by atoms with E-state index in [9.17, 15) is 0 Å². The van der Waals surface area contributed by atoms with Crippen molar-refractivity contribution in [2.75, 3.05) is 6.54 Å². The van der Waals surface area contributed by atoms with Crippen molar-refractivity contribution in [3.63, 3.8) is 0 Å². The minimum atomic E-state index is 0.536. The van der Waals surface area contributed by atoms with Crippen molar-refractivity contribution in [1.82, 2.24) is 15.3 Å². The lowest BCUT2D eigenvalue weighted by Crippen LogP contribution is -2.25. The maximum atomic E-state index is 4.12. The molecule has 66 valence electrons. The van der Waals surface area contributed by atoms with E-state index in [1.54, 1.807) is 12.4 Å². The van der Waals surface area contributed by atoms with Gasteiger partial charge in [0.2, 0.25) is 0 Å². The van der Waals surface area contributed by atoms with Gasteiger partial charge in [0.05, 0.1) is 0 Å². The molecular formula is C9H15N3. The first-order chi connectivity index (χ1) is 5.79. The largest absolute Gasteiger partial charge is 0.314 e. The second kappa shape index (κ2) is 4.83.